The Morgan fingerprint density at radius 3 is 2.42 bits per heavy atom. The van der Waals surface area contributed by atoms with Gasteiger partial charge in [-0.25, -0.2) is 0 Å². The van der Waals surface area contributed by atoms with E-state index in [0.717, 1.165) is 20.8 Å². The van der Waals surface area contributed by atoms with E-state index in [4.69, 9.17) is 16.3 Å². The van der Waals surface area contributed by atoms with Crippen LogP contribution < -0.4 is 10.1 Å². The molecule has 7 heteroatoms. The molecule has 33 heavy (non-hydrogen) atoms. The lowest BCUT2D eigenvalue weighted by molar-refractivity contribution is -0.142. The molecule has 0 saturated heterocycles. The van der Waals surface area contributed by atoms with Crippen LogP contribution in [0.4, 0.5) is 0 Å². The number of hydrogen-bond acceptors (Lipinski definition) is 3. The van der Waals surface area contributed by atoms with Gasteiger partial charge in [-0.05, 0) is 72.1 Å². The predicted octanol–water partition coefficient (Wildman–Crippen LogP) is 5.97. The maximum atomic E-state index is 13.3. The van der Waals surface area contributed by atoms with Gasteiger partial charge in [-0.15, -0.1) is 0 Å². The van der Waals surface area contributed by atoms with E-state index in [2.05, 4.69) is 21.2 Å². The third-order valence-electron chi connectivity index (χ3n) is 5.14. The number of amides is 2. The standard InChI is InChI=1S/C26H28BrClN2O3/c1-17(25(32)29-26(2,3)4)30(15-19-10-6-8-12-21(19)28)23(31)16-33-22-14-13-18-9-5-7-11-20(18)24(22)27/h5-14,17H,15-16H2,1-4H3,(H,29,32). The van der Waals surface area contributed by atoms with Crippen LogP contribution in [0.25, 0.3) is 10.8 Å². The highest BCUT2D eigenvalue weighted by Gasteiger charge is 2.29. The van der Waals surface area contributed by atoms with Crippen molar-refractivity contribution in [3.05, 3.63) is 75.7 Å². The van der Waals surface area contributed by atoms with Crippen LogP contribution in [-0.4, -0.2) is 34.9 Å². The summed E-state index contributed by atoms with van der Waals surface area (Å²) in [6, 6.07) is 18.3. The number of halogens is 2. The average molecular weight is 532 g/mol. The van der Waals surface area contributed by atoms with Gasteiger partial charge < -0.3 is 15.0 Å². The number of benzene rings is 3. The monoisotopic (exact) mass is 530 g/mol. The zero-order valence-electron chi connectivity index (χ0n) is 19.2. The van der Waals surface area contributed by atoms with Crippen molar-refractivity contribution in [2.24, 2.45) is 0 Å². The van der Waals surface area contributed by atoms with Crippen LogP contribution >= 0.6 is 27.5 Å². The van der Waals surface area contributed by atoms with Gasteiger partial charge in [0.15, 0.2) is 6.61 Å². The van der Waals surface area contributed by atoms with E-state index in [1.807, 2.05) is 75.4 Å². The molecule has 174 valence electrons. The third kappa shape index (κ3) is 6.49. The molecule has 2 amide bonds. The van der Waals surface area contributed by atoms with Crippen molar-refractivity contribution in [2.75, 3.05) is 6.61 Å². The zero-order valence-corrected chi connectivity index (χ0v) is 21.5. The molecule has 0 fully saturated rings. The topological polar surface area (TPSA) is 58.6 Å². The number of fused-ring (bicyclic) bond motifs is 1. The number of nitrogens with zero attached hydrogens (tertiary/aromatic N) is 1. The molecule has 0 aliphatic rings. The van der Waals surface area contributed by atoms with Crippen molar-refractivity contribution < 1.29 is 14.3 Å². The Bertz CT molecular complexity index is 1160. The molecule has 0 saturated carbocycles. The smallest absolute Gasteiger partial charge is 0.261 e. The molecule has 3 aromatic rings. The average Bonchev–Trinajstić information content (AvgIpc) is 2.76. The summed E-state index contributed by atoms with van der Waals surface area (Å²) in [6.45, 7) is 7.39. The lowest BCUT2D eigenvalue weighted by atomic mass is 10.1. The molecule has 1 unspecified atom stereocenters. The first kappa shape index (κ1) is 25.1. The molecule has 0 heterocycles. The Kier molecular flexibility index (Phi) is 8.03. The first-order chi connectivity index (χ1) is 15.6. The maximum Gasteiger partial charge on any atom is 0.261 e. The Morgan fingerprint density at radius 2 is 1.73 bits per heavy atom. The van der Waals surface area contributed by atoms with Crippen molar-refractivity contribution >= 4 is 50.1 Å². The lowest BCUT2D eigenvalue weighted by Gasteiger charge is -2.31. The van der Waals surface area contributed by atoms with E-state index >= 15 is 0 Å². The molecule has 3 rings (SSSR count). The number of carbonyl (C=O) groups is 2. The van der Waals surface area contributed by atoms with Crippen LogP contribution in [0.1, 0.15) is 33.3 Å². The minimum absolute atomic E-state index is 0.194. The second kappa shape index (κ2) is 10.6. The summed E-state index contributed by atoms with van der Waals surface area (Å²) >= 11 is 9.92. The number of carbonyl (C=O) groups excluding carboxylic acids is 2. The minimum atomic E-state index is -0.711. The summed E-state index contributed by atoms with van der Waals surface area (Å²) in [7, 11) is 0. The van der Waals surface area contributed by atoms with E-state index in [1.54, 1.807) is 13.0 Å². The fourth-order valence-electron chi connectivity index (χ4n) is 3.41. The number of ether oxygens (including phenoxy) is 1. The van der Waals surface area contributed by atoms with Gasteiger partial charge in [0, 0.05) is 17.1 Å². The van der Waals surface area contributed by atoms with E-state index in [1.165, 1.54) is 4.90 Å². The Hall–Kier alpha value is -2.57. The second-order valence-corrected chi connectivity index (χ2v) is 10.1. The van der Waals surface area contributed by atoms with Crippen LogP contribution in [0.3, 0.4) is 0 Å². The van der Waals surface area contributed by atoms with Gasteiger partial charge in [0.05, 0.1) is 4.47 Å². The van der Waals surface area contributed by atoms with E-state index < -0.39 is 11.6 Å². The molecule has 0 spiro atoms. The van der Waals surface area contributed by atoms with Gasteiger partial charge in [-0.2, -0.15) is 0 Å². The molecule has 1 atom stereocenters. The van der Waals surface area contributed by atoms with Crippen molar-refractivity contribution in [2.45, 2.75) is 45.8 Å². The molecule has 5 nitrogen and oxygen atoms in total. The van der Waals surface area contributed by atoms with Crippen molar-refractivity contribution in [1.29, 1.82) is 0 Å². The molecule has 3 aromatic carbocycles. The minimum Gasteiger partial charge on any atom is -0.483 e. The fourth-order valence-corrected chi connectivity index (χ4v) is 4.22. The third-order valence-corrected chi connectivity index (χ3v) is 6.33. The van der Waals surface area contributed by atoms with E-state index in [0.29, 0.717) is 10.8 Å². The van der Waals surface area contributed by atoms with Gasteiger partial charge in [0.1, 0.15) is 11.8 Å². The predicted molar refractivity (Wildman–Crippen MR) is 137 cm³/mol. The highest BCUT2D eigenvalue weighted by molar-refractivity contribution is 9.10. The summed E-state index contributed by atoms with van der Waals surface area (Å²) in [5, 5.41) is 5.54. The van der Waals surface area contributed by atoms with Gasteiger partial charge in [-0.1, -0.05) is 60.1 Å². The van der Waals surface area contributed by atoms with Crippen molar-refractivity contribution in [3.63, 3.8) is 0 Å². The Labute approximate surface area is 208 Å². The van der Waals surface area contributed by atoms with Crippen molar-refractivity contribution in [1.82, 2.24) is 10.2 Å². The fraction of sp³-hybridized carbons (Fsp3) is 0.308. The summed E-state index contributed by atoms with van der Waals surface area (Å²) in [5.41, 5.74) is 0.339. The number of nitrogens with one attached hydrogen (secondary N) is 1. The SMILES string of the molecule is CC(C(=O)NC(C)(C)C)N(Cc1ccccc1Cl)C(=O)COc1ccc2ccccc2c1Br. The molecular weight excluding hydrogens is 504 g/mol. The normalized spacial score (nSPS) is 12.3. The van der Waals surface area contributed by atoms with Crippen molar-refractivity contribution in [3.8, 4) is 5.75 Å². The maximum absolute atomic E-state index is 13.3. The zero-order chi connectivity index (χ0) is 24.2. The van der Waals surface area contributed by atoms with E-state index in [-0.39, 0.29) is 25.0 Å². The van der Waals surface area contributed by atoms with Crippen LogP contribution in [-0.2, 0) is 16.1 Å². The second-order valence-electron chi connectivity index (χ2n) is 8.92. The first-order valence-electron chi connectivity index (χ1n) is 10.7. The molecule has 1 N–H and O–H groups in total. The van der Waals surface area contributed by atoms with E-state index in [9.17, 15) is 9.59 Å². The molecule has 0 aliphatic heterocycles. The van der Waals surface area contributed by atoms with Crippen LogP contribution in [0.15, 0.2) is 65.1 Å². The number of hydrogen-bond donors (Lipinski definition) is 1. The molecule has 0 radical (unpaired) electrons. The molecule has 0 aromatic heterocycles. The summed E-state index contributed by atoms with van der Waals surface area (Å²) in [5.74, 6) is 0.00728. The van der Waals surface area contributed by atoms with Crippen LogP contribution in [0, 0.1) is 0 Å². The molecule has 0 bridgehead atoms. The van der Waals surface area contributed by atoms with Gasteiger partial charge in [-0.3, -0.25) is 9.59 Å². The Morgan fingerprint density at radius 1 is 1.06 bits per heavy atom. The number of rotatable bonds is 7. The van der Waals surface area contributed by atoms with Gasteiger partial charge in [0.25, 0.3) is 5.91 Å². The first-order valence-corrected chi connectivity index (χ1v) is 11.9. The van der Waals surface area contributed by atoms with Gasteiger partial charge in [0.2, 0.25) is 5.91 Å². The summed E-state index contributed by atoms with van der Waals surface area (Å²) in [6.07, 6.45) is 0. The molecular formula is C26H28BrClN2O3. The summed E-state index contributed by atoms with van der Waals surface area (Å²) < 4.78 is 6.67. The van der Waals surface area contributed by atoms with Crippen LogP contribution in [0.2, 0.25) is 5.02 Å². The largest absolute Gasteiger partial charge is 0.483 e. The highest BCUT2D eigenvalue weighted by atomic mass is 79.9. The van der Waals surface area contributed by atoms with Gasteiger partial charge >= 0.3 is 0 Å². The highest BCUT2D eigenvalue weighted by Crippen LogP contribution is 2.33. The lowest BCUT2D eigenvalue weighted by Crippen LogP contribution is -2.53. The summed E-state index contributed by atoms with van der Waals surface area (Å²) in [4.78, 5) is 27.6. The van der Waals surface area contributed by atoms with Crippen LogP contribution in [0.5, 0.6) is 5.75 Å². The quantitative estimate of drug-likeness (QED) is 0.409. The Balaban J connectivity index is 1.82. The molecule has 0 aliphatic carbocycles.